The summed E-state index contributed by atoms with van der Waals surface area (Å²) >= 11 is 5.78. The van der Waals surface area contributed by atoms with Crippen molar-refractivity contribution in [3.63, 3.8) is 0 Å². The first kappa shape index (κ1) is 16.4. The summed E-state index contributed by atoms with van der Waals surface area (Å²) in [6.45, 7) is 0. The minimum Gasteiger partial charge on any atom is -0.448 e. The van der Waals surface area contributed by atoms with Gasteiger partial charge in [-0.15, -0.1) is 0 Å². The molecule has 116 valence electrons. The second kappa shape index (κ2) is 6.84. The maximum atomic E-state index is 12.5. The zero-order valence-electron chi connectivity index (χ0n) is 10.9. The average molecular weight is 345 g/mol. The number of nitrogens with zero attached hydrogens (tertiary/aromatic N) is 1. The van der Waals surface area contributed by atoms with Crippen LogP contribution in [-0.2, 0) is 6.18 Å². The smallest absolute Gasteiger partial charge is 0.416 e. The molecule has 0 aliphatic heterocycles. The van der Waals surface area contributed by atoms with Gasteiger partial charge in [0.1, 0.15) is 5.76 Å². The van der Waals surface area contributed by atoms with E-state index in [4.69, 9.17) is 10.2 Å². The Hall–Kier alpha value is -2.00. The van der Waals surface area contributed by atoms with Crippen molar-refractivity contribution in [3.8, 4) is 0 Å². The molecule has 1 aromatic heterocycles. The maximum absolute atomic E-state index is 12.5. The Bertz CT molecular complexity index is 681. The molecule has 0 bridgehead atoms. The number of hydrogen-bond acceptors (Lipinski definition) is 4. The largest absolute Gasteiger partial charge is 0.448 e. The molecule has 0 spiro atoms. The van der Waals surface area contributed by atoms with Crippen molar-refractivity contribution in [1.82, 2.24) is 5.43 Å². The van der Waals surface area contributed by atoms with E-state index in [1.807, 2.05) is 0 Å². The summed E-state index contributed by atoms with van der Waals surface area (Å²) in [5.74, 6) is 0.457. The zero-order valence-corrected chi connectivity index (χ0v) is 12.6. The quantitative estimate of drug-likeness (QED) is 0.503. The van der Waals surface area contributed by atoms with Gasteiger partial charge in [-0.25, -0.2) is 0 Å². The number of halogens is 3. The third kappa shape index (κ3) is 4.78. The molecular weight excluding hydrogens is 335 g/mol. The van der Waals surface area contributed by atoms with Crippen LogP contribution in [0.4, 0.5) is 13.2 Å². The Morgan fingerprint density at radius 1 is 1.23 bits per heavy atom. The molecule has 2 aromatic rings. The summed E-state index contributed by atoms with van der Waals surface area (Å²) in [4.78, 5) is 0.632. The van der Waals surface area contributed by atoms with Gasteiger partial charge in [-0.2, -0.15) is 18.3 Å². The molecule has 3 N–H and O–H groups in total. The lowest BCUT2D eigenvalue weighted by Gasteiger charge is -2.06. The van der Waals surface area contributed by atoms with E-state index in [0.717, 1.165) is 12.1 Å². The van der Waals surface area contributed by atoms with E-state index in [9.17, 15) is 13.2 Å². The molecule has 0 atom stereocenters. The molecular formula is C13H10F3N3OS2. The minimum absolute atomic E-state index is 0.0298. The van der Waals surface area contributed by atoms with E-state index < -0.39 is 11.7 Å². The second-order valence-corrected chi connectivity index (χ2v) is 5.53. The van der Waals surface area contributed by atoms with Crippen molar-refractivity contribution < 1.29 is 17.6 Å². The highest BCUT2D eigenvalue weighted by molar-refractivity contribution is 7.99. The van der Waals surface area contributed by atoms with Crippen molar-refractivity contribution in [3.05, 3.63) is 47.7 Å². The Balaban J connectivity index is 2.01. The molecule has 0 saturated carbocycles. The molecule has 1 heterocycles. The van der Waals surface area contributed by atoms with E-state index >= 15 is 0 Å². The molecule has 2 rings (SSSR count). The summed E-state index contributed by atoms with van der Waals surface area (Å²) in [7, 11) is 0. The number of benzene rings is 1. The highest BCUT2D eigenvalue weighted by atomic mass is 32.2. The lowest BCUT2D eigenvalue weighted by Crippen LogP contribution is -2.23. The predicted octanol–water partition coefficient (Wildman–Crippen LogP) is 3.62. The molecule has 0 aliphatic rings. The van der Waals surface area contributed by atoms with Gasteiger partial charge in [0.15, 0.2) is 10.2 Å². The van der Waals surface area contributed by atoms with Gasteiger partial charge >= 0.3 is 6.18 Å². The number of hydrogen-bond donors (Lipinski definition) is 2. The maximum Gasteiger partial charge on any atom is 0.416 e. The first-order valence-corrected chi connectivity index (χ1v) is 7.10. The molecule has 9 heteroatoms. The predicted molar refractivity (Wildman–Crippen MR) is 81.8 cm³/mol. The van der Waals surface area contributed by atoms with Crippen LogP contribution in [0.1, 0.15) is 11.3 Å². The van der Waals surface area contributed by atoms with Crippen LogP contribution in [0.3, 0.4) is 0 Å². The van der Waals surface area contributed by atoms with E-state index in [1.165, 1.54) is 30.1 Å². The molecule has 0 saturated heterocycles. The lowest BCUT2D eigenvalue weighted by molar-refractivity contribution is -0.137. The minimum atomic E-state index is -4.34. The highest BCUT2D eigenvalue weighted by Crippen LogP contribution is 2.33. The normalized spacial score (nSPS) is 11.8. The Labute approximate surface area is 133 Å². The van der Waals surface area contributed by atoms with Crippen molar-refractivity contribution >= 4 is 35.3 Å². The summed E-state index contributed by atoms with van der Waals surface area (Å²) in [5, 5.41) is 4.29. The fourth-order valence-corrected chi connectivity index (χ4v) is 2.28. The Morgan fingerprint density at radius 3 is 2.50 bits per heavy atom. The van der Waals surface area contributed by atoms with Crippen molar-refractivity contribution in [2.24, 2.45) is 10.8 Å². The van der Waals surface area contributed by atoms with Crippen LogP contribution < -0.4 is 11.2 Å². The van der Waals surface area contributed by atoms with Gasteiger partial charge in [0.2, 0.25) is 0 Å². The fourth-order valence-electron chi connectivity index (χ4n) is 1.45. The number of hydrazone groups is 1. The molecule has 0 unspecified atom stereocenters. The van der Waals surface area contributed by atoms with Crippen LogP contribution in [0.25, 0.3) is 0 Å². The van der Waals surface area contributed by atoms with Crippen LogP contribution in [0, 0.1) is 0 Å². The third-order valence-corrected chi connectivity index (χ3v) is 3.39. The molecule has 0 amide bonds. The second-order valence-electron chi connectivity index (χ2n) is 4.02. The number of rotatable bonds is 4. The van der Waals surface area contributed by atoms with Crippen molar-refractivity contribution in [1.29, 1.82) is 0 Å². The van der Waals surface area contributed by atoms with E-state index in [2.05, 4.69) is 22.7 Å². The van der Waals surface area contributed by atoms with Crippen LogP contribution in [0.15, 0.2) is 55.9 Å². The van der Waals surface area contributed by atoms with Gasteiger partial charge in [0.05, 0.1) is 11.8 Å². The first-order chi connectivity index (χ1) is 10.3. The number of thiocarbonyl (C=S) groups is 1. The number of nitrogens with two attached hydrogens (primary N) is 1. The first-order valence-electron chi connectivity index (χ1n) is 5.88. The van der Waals surface area contributed by atoms with Gasteiger partial charge < -0.3 is 10.2 Å². The van der Waals surface area contributed by atoms with Gasteiger partial charge in [-0.05, 0) is 48.6 Å². The summed E-state index contributed by atoms with van der Waals surface area (Å²) < 4.78 is 42.8. The average Bonchev–Trinajstić information content (AvgIpc) is 2.85. The summed E-state index contributed by atoms with van der Waals surface area (Å²) in [6.07, 6.45) is -2.95. The monoisotopic (exact) mass is 345 g/mol. The third-order valence-electron chi connectivity index (χ3n) is 2.37. The lowest BCUT2D eigenvalue weighted by atomic mass is 10.2. The van der Waals surface area contributed by atoms with Crippen LogP contribution in [0.2, 0.25) is 0 Å². The summed E-state index contributed by atoms with van der Waals surface area (Å²) in [6, 6.07) is 8.18. The molecule has 0 radical (unpaired) electrons. The number of furan rings is 1. The number of nitrogens with one attached hydrogen (secondary N) is 1. The Morgan fingerprint density at radius 2 is 1.91 bits per heavy atom. The van der Waals surface area contributed by atoms with E-state index in [-0.39, 0.29) is 5.11 Å². The van der Waals surface area contributed by atoms with Gasteiger partial charge in [0, 0.05) is 4.90 Å². The summed E-state index contributed by atoms with van der Waals surface area (Å²) in [5.41, 5.74) is 6.89. The molecule has 0 fully saturated rings. The Kier molecular flexibility index (Phi) is 5.09. The molecule has 4 nitrogen and oxygen atoms in total. The van der Waals surface area contributed by atoms with Crippen LogP contribution in [0.5, 0.6) is 0 Å². The number of alkyl halides is 3. The van der Waals surface area contributed by atoms with E-state index in [1.54, 1.807) is 12.1 Å². The molecule has 22 heavy (non-hydrogen) atoms. The molecule has 1 aromatic carbocycles. The molecule has 0 aliphatic carbocycles. The fraction of sp³-hybridized carbons (Fsp3) is 0.0769. The standard InChI is InChI=1S/C13H10F3N3OS2/c14-13(15,16)8-1-4-10(5-2-8)22-11-6-3-9(20-11)7-18-19-12(17)21/h1-7H,(H3,17,19,21)/b18-7+. The van der Waals surface area contributed by atoms with Crippen molar-refractivity contribution in [2.45, 2.75) is 16.2 Å². The van der Waals surface area contributed by atoms with Crippen molar-refractivity contribution in [2.75, 3.05) is 0 Å². The van der Waals surface area contributed by atoms with Crippen LogP contribution in [-0.4, -0.2) is 11.3 Å². The topological polar surface area (TPSA) is 63.5 Å². The zero-order chi connectivity index (χ0) is 16.2. The van der Waals surface area contributed by atoms with Gasteiger partial charge in [0.25, 0.3) is 0 Å². The van der Waals surface area contributed by atoms with E-state index in [0.29, 0.717) is 15.7 Å². The highest BCUT2D eigenvalue weighted by Gasteiger charge is 2.29. The SMILES string of the molecule is NC(=S)N/N=C/c1ccc(Sc2ccc(C(F)(F)F)cc2)o1. The van der Waals surface area contributed by atoms with Crippen LogP contribution >= 0.6 is 24.0 Å². The van der Waals surface area contributed by atoms with Gasteiger partial charge in [-0.3, -0.25) is 5.43 Å². The van der Waals surface area contributed by atoms with Gasteiger partial charge in [-0.1, -0.05) is 11.8 Å².